The molecule has 4 aromatic rings. The van der Waals surface area contributed by atoms with Crippen LogP contribution in [0.5, 0.6) is 0 Å². The number of hydrogen-bond donors (Lipinski definition) is 1. The summed E-state index contributed by atoms with van der Waals surface area (Å²) >= 11 is 0. The van der Waals surface area contributed by atoms with Gasteiger partial charge in [-0.3, -0.25) is 19.4 Å². The third-order valence-corrected chi connectivity index (χ3v) is 6.76. The summed E-state index contributed by atoms with van der Waals surface area (Å²) in [6.07, 6.45) is 9.49. The van der Waals surface area contributed by atoms with E-state index in [2.05, 4.69) is 15.0 Å². The van der Waals surface area contributed by atoms with Crippen LogP contribution >= 0.6 is 0 Å². The average molecular weight is 509 g/mol. The SMILES string of the molecule is Cc1cccc(CC(=O)[C@@H]2CC=CCN2C(=O)Cn2cc(C(N)=O)c3cc(-c4cnc(C)nc4)ccc32)n1. The number of ketones is 1. The van der Waals surface area contributed by atoms with Gasteiger partial charge in [0.25, 0.3) is 5.91 Å². The second-order valence-electron chi connectivity index (χ2n) is 9.47. The molecule has 5 rings (SSSR count). The standard InChI is InChI=1S/C29H28N6O3/c1-18-6-5-7-22(33-18)13-27(36)26-8-3-4-11-35(26)28(37)17-34-16-24(29(30)38)23-12-20(9-10-25(23)34)21-14-31-19(2)32-15-21/h3-7,9-10,12,14-16,26H,8,11,13,17H2,1-2H3,(H2,30,38)/t26-/m0/s1. The van der Waals surface area contributed by atoms with Gasteiger partial charge in [0.2, 0.25) is 5.91 Å². The summed E-state index contributed by atoms with van der Waals surface area (Å²) in [6.45, 7) is 4.00. The van der Waals surface area contributed by atoms with Crippen LogP contribution in [0.3, 0.4) is 0 Å². The number of aryl methyl sites for hydroxylation is 2. The van der Waals surface area contributed by atoms with Crippen molar-refractivity contribution in [2.24, 2.45) is 5.73 Å². The Morgan fingerprint density at radius 3 is 2.55 bits per heavy atom. The molecule has 2 amide bonds. The summed E-state index contributed by atoms with van der Waals surface area (Å²) in [5.41, 5.74) is 9.88. The molecule has 2 N–H and O–H groups in total. The molecule has 3 aromatic heterocycles. The normalized spacial score (nSPS) is 15.1. The highest BCUT2D eigenvalue weighted by Crippen LogP contribution is 2.28. The van der Waals surface area contributed by atoms with E-state index in [-0.39, 0.29) is 24.7 Å². The summed E-state index contributed by atoms with van der Waals surface area (Å²) in [6, 6.07) is 10.6. The summed E-state index contributed by atoms with van der Waals surface area (Å²) in [5, 5.41) is 0.639. The molecule has 192 valence electrons. The highest BCUT2D eigenvalue weighted by molar-refractivity contribution is 6.07. The van der Waals surface area contributed by atoms with E-state index in [9.17, 15) is 14.4 Å². The monoisotopic (exact) mass is 508 g/mol. The first-order valence-corrected chi connectivity index (χ1v) is 12.4. The van der Waals surface area contributed by atoms with Crippen LogP contribution in [0.2, 0.25) is 0 Å². The molecule has 0 saturated heterocycles. The van der Waals surface area contributed by atoms with Crippen LogP contribution in [-0.2, 0) is 22.6 Å². The zero-order chi connectivity index (χ0) is 26.8. The number of benzene rings is 1. The molecule has 0 bridgehead atoms. The van der Waals surface area contributed by atoms with Gasteiger partial charge in [-0.25, -0.2) is 9.97 Å². The number of aromatic nitrogens is 4. The molecule has 0 unspecified atom stereocenters. The average Bonchev–Trinajstić information content (AvgIpc) is 3.27. The number of nitrogens with two attached hydrogens (primary N) is 1. The van der Waals surface area contributed by atoms with Crippen molar-refractivity contribution in [2.45, 2.75) is 39.3 Å². The zero-order valence-electron chi connectivity index (χ0n) is 21.3. The number of carbonyl (C=O) groups is 3. The van der Waals surface area contributed by atoms with Gasteiger partial charge in [0, 0.05) is 53.0 Å². The van der Waals surface area contributed by atoms with Crippen molar-refractivity contribution in [3.05, 3.63) is 89.9 Å². The van der Waals surface area contributed by atoms with Crippen molar-refractivity contribution in [3.8, 4) is 11.1 Å². The minimum absolute atomic E-state index is 0.0307. The largest absolute Gasteiger partial charge is 0.366 e. The first kappa shape index (κ1) is 25.0. The molecule has 0 saturated carbocycles. The van der Waals surface area contributed by atoms with Crippen LogP contribution in [0.4, 0.5) is 0 Å². The fraction of sp³-hybridized carbons (Fsp3) is 0.241. The van der Waals surface area contributed by atoms with Crippen molar-refractivity contribution in [1.82, 2.24) is 24.4 Å². The van der Waals surface area contributed by atoms with Gasteiger partial charge in [0.1, 0.15) is 12.4 Å². The second kappa shape index (κ2) is 10.4. The van der Waals surface area contributed by atoms with Gasteiger partial charge >= 0.3 is 0 Å². The summed E-state index contributed by atoms with van der Waals surface area (Å²) < 4.78 is 1.72. The highest BCUT2D eigenvalue weighted by Gasteiger charge is 2.30. The lowest BCUT2D eigenvalue weighted by molar-refractivity contribution is -0.139. The van der Waals surface area contributed by atoms with Gasteiger partial charge in [-0.2, -0.15) is 0 Å². The first-order valence-electron chi connectivity index (χ1n) is 12.4. The van der Waals surface area contributed by atoms with Crippen LogP contribution < -0.4 is 5.73 Å². The van der Waals surface area contributed by atoms with E-state index in [1.165, 1.54) is 0 Å². The highest BCUT2D eigenvalue weighted by atomic mass is 16.2. The predicted octanol–water partition coefficient (Wildman–Crippen LogP) is 3.18. The van der Waals surface area contributed by atoms with E-state index < -0.39 is 11.9 Å². The molecule has 9 nitrogen and oxygen atoms in total. The Bertz CT molecular complexity index is 1570. The fourth-order valence-corrected chi connectivity index (χ4v) is 4.82. The molecule has 0 aliphatic carbocycles. The molecule has 9 heteroatoms. The molecule has 1 aliphatic rings. The van der Waals surface area contributed by atoms with Crippen LogP contribution in [0.25, 0.3) is 22.0 Å². The molecule has 0 fully saturated rings. The van der Waals surface area contributed by atoms with E-state index in [0.29, 0.717) is 41.0 Å². The Morgan fingerprint density at radius 2 is 1.82 bits per heavy atom. The third-order valence-electron chi connectivity index (χ3n) is 6.76. The summed E-state index contributed by atoms with van der Waals surface area (Å²) in [4.78, 5) is 53.5. The number of rotatable bonds is 7. The van der Waals surface area contributed by atoms with Crippen LogP contribution in [0, 0.1) is 13.8 Å². The summed E-state index contributed by atoms with van der Waals surface area (Å²) in [7, 11) is 0. The van der Waals surface area contributed by atoms with E-state index in [1.807, 2.05) is 62.4 Å². The maximum Gasteiger partial charge on any atom is 0.250 e. The Morgan fingerprint density at radius 1 is 1.03 bits per heavy atom. The van der Waals surface area contributed by atoms with Gasteiger partial charge in [0.15, 0.2) is 5.78 Å². The van der Waals surface area contributed by atoms with Gasteiger partial charge in [-0.15, -0.1) is 0 Å². The number of amides is 2. The molecule has 38 heavy (non-hydrogen) atoms. The van der Waals surface area contributed by atoms with Gasteiger partial charge < -0.3 is 15.2 Å². The number of Topliss-reactive ketones (excluding diaryl/α,β-unsaturated/α-hetero) is 1. The summed E-state index contributed by atoms with van der Waals surface area (Å²) in [5.74, 6) is -0.190. The fourth-order valence-electron chi connectivity index (χ4n) is 4.82. The van der Waals surface area contributed by atoms with Gasteiger partial charge in [0.05, 0.1) is 18.0 Å². The lowest BCUT2D eigenvalue weighted by Crippen LogP contribution is -2.48. The topological polar surface area (TPSA) is 124 Å². The molecule has 1 aliphatic heterocycles. The number of hydrogen-bond acceptors (Lipinski definition) is 6. The quantitative estimate of drug-likeness (QED) is 0.383. The third kappa shape index (κ3) is 5.08. The van der Waals surface area contributed by atoms with E-state index in [0.717, 1.165) is 16.8 Å². The van der Waals surface area contributed by atoms with Crippen molar-refractivity contribution in [2.75, 3.05) is 6.54 Å². The zero-order valence-corrected chi connectivity index (χ0v) is 21.3. The number of carbonyl (C=O) groups excluding carboxylic acids is 3. The second-order valence-corrected chi connectivity index (χ2v) is 9.47. The number of pyridine rings is 1. The number of nitrogens with zero attached hydrogens (tertiary/aromatic N) is 5. The van der Waals surface area contributed by atoms with Crippen molar-refractivity contribution in [3.63, 3.8) is 0 Å². The molecular formula is C29H28N6O3. The minimum Gasteiger partial charge on any atom is -0.366 e. The molecule has 0 spiro atoms. The lowest BCUT2D eigenvalue weighted by Gasteiger charge is -2.32. The minimum atomic E-state index is -0.585. The number of primary amides is 1. The van der Waals surface area contributed by atoms with Crippen molar-refractivity contribution in [1.29, 1.82) is 0 Å². The van der Waals surface area contributed by atoms with Crippen molar-refractivity contribution >= 4 is 28.5 Å². The van der Waals surface area contributed by atoms with E-state index in [4.69, 9.17) is 5.73 Å². The molecule has 1 aromatic carbocycles. The van der Waals surface area contributed by atoms with Gasteiger partial charge in [-0.1, -0.05) is 24.3 Å². The van der Waals surface area contributed by atoms with E-state index in [1.54, 1.807) is 28.1 Å². The number of fused-ring (bicyclic) bond motifs is 1. The molecular weight excluding hydrogens is 480 g/mol. The molecule has 1 atom stereocenters. The molecule has 4 heterocycles. The smallest absolute Gasteiger partial charge is 0.250 e. The Kier molecular flexibility index (Phi) is 6.83. The Labute approximate surface area is 220 Å². The maximum atomic E-state index is 13.5. The predicted molar refractivity (Wildman–Crippen MR) is 143 cm³/mol. The van der Waals surface area contributed by atoms with E-state index >= 15 is 0 Å². The van der Waals surface area contributed by atoms with Gasteiger partial charge in [-0.05, 0) is 50.1 Å². The van der Waals surface area contributed by atoms with Crippen LogP contribution in [0.15, 0.2) is 67.1 Å². The lowest BCUT2D eigenvalue weighted by atomic mass is 9.99. The van der Waals surface area contributed by atoms with Crippen molar-refractivity contribution < 1.29 is 14.4 Å². The first-order chi connectivity index (χ1) is 18.3. The Hall–Kier alpha value is -4.66. The Balaban J connectivity index is 1.41. The molecule has 0 radical (unpaired) electrons. The maximum absolute atomic E-state index is 13.5. The van der Waals surface area contributed by atoms with Crippen LogP contribution in [0.1, 0.15) is 34.0 Å². The van der Waals surface area contributed by atoms with Crippen LogP contribution in [-0.4, -0.2) is 54.6 Å².